The molecule has 0 aromatic heterocycles. The van der Waals surface area contributed by atoms with Gasteiger partial charge in [-0.05, 0) is 30.4 Å². The summed E-state index contributed by atoms with van der Waals surface area (Å²) in [4.78, 5) is 11.6. The average Bonchev–Trinajstić information content (AvgIpc) is 2.45. The third-order valence-corrected chi connectivity index (χ3v) is 3.71. The van der Waals surface area contributed by atoms with Gasteiger partial charge in [-0.2, -0.15) is 0 Å². The number of amides is 2. The van der Waals surface area contributed by atoms with Crippen molar-refractivity contribution in [1.29, 1.82) is 0 Å². The van der Waals surface area contributed by atoms with Gasteiger partial charge in [0, 0.05) is 13.1 Å². The molecule has 1 rings (SSSR count). The minimum Gasteiger partial charge on any atom is -0.391 e. The van der Waals surface area contributed by atoms with Crippen LogP contribution in [0.3, 0.4) is 0 Å². The summed E-state index contributed by atoms with van der Waals surface area (Å²) < 4.78 is 0. The monoisotopic (exact) mass is 278 g/mol. The third-order valence-electron chi connectivity index (χ3n) is 3.71. The number of aryl methyl sites for hydroxylation is 1. The molecule has 1 aromatic carbocycles. The minimum absolute atomic E-state index is 0.197. The first kappa shape index (κ1) is 16.5. The van der Waals surface area contributed by atoms with Crippen LogP contribution in [0.4, 0.5) is 4.79 Å². The molecule has 1 aromatic rings. The molecule has 112 valence electrons. The maximum Gasteiger partial charge on any atom is 0.314 e. The second-order valence-corrected chi connectivity index (χ2v) is 5.27. The fourth-order valence-electron chi connectivity index (χ4n) is 1.93. The van der Waals surface area contributed by atoms with Crippen LogP contribution in [-0.4, -0.2) is 30.3 Å². The summed E-state index contributed by atoms with van der Waals surface area (Å²) in [5.41, 5.74) is 2.48. The van der Waals surface area contributed by atoms with Gasteiger partial charge in [-0.3, -0.25) is 0 Å². The Hall–Kier alpha value is -1.55. The molecule has 0 aliphatic rings. The van der Waals surface area contributed by atoms with Gasteiger partial charge in [-0.15, -0.1) is 0 Å². The van der Waals surface area contributed by atoms with E-state index in [1.807, 2.05) is 26.0 Å². The van der Waals surface area contributed by atoms with Crippen LogP contribution in [0.2, 0.25) is 0 Å². The van der Waals surface area contributed by atoms with Crippen molar-refractivity contribution >= 4 is 6.03 Å². The first-order valence-corrected chi connectivity index (χ1v) is 7.28. The number of rotatable bonds is 7. The zero-order chi connectivity index (χ0) is 15.0. The fourth-order valence-corrected chi connectivity index (χ4v) is 1.93. The number of urea groups is 1. The molecular weight excluding hydrogens is 252 g/mol. The zero-order valence-electron chi connectivity index (χ0n) is 12.6. The summed E-state index contributed by atoms with van der Waals surface area (Å²) in [5, 5.41) is 15.3. The third kappa shape index (κ3) is 5.61. The smallest absolute Gasteiger partial charge is 0.314 e. The van der Waals surface area contributed by atoms with Crippen molar-refractivity contribution in [2.24, 2.45) is 5.92 Å². The molecule has 0 saturated heterocycles. The van der Waals surface area contributed by atoms with Gasteiger partial charge in [0.25, 0.3) is 0 Å². The van der Waals surface area contributed by atoms with Crippen LogP contribution in [0.1, 0.15) is 31.4 Å². The largest absolute Gasteiger partial charge is 0.391 e. The fraction of sp³-hybridized carbons (Fsp3) is 0.562. The molecule has 0 fully saturated rings. The number of hydrogen-bond donors (Lipinski definition) is 3. The van der Waals surface area contributed by atoms with Crippen molar-refractivity contribution in [1.82, 2.24) is 10.6 Å². The van der Waals surface area contributed by atoms with Gasteiger partial charge in [-0.25, -0.2) is 4.79 Å². The summed E-state index contributed by atoms with van der Waals surface area (Å²) in [7, 11) is 0. The molecule has 0 aliphatic carbocycles. The Labute approximate surface area is 121 Å². The van der Waals surface area contributed by atoms with Crippen molar-refractivity contribution in [2.75, 3.05) is 13.1 Å². The van der Waals surface area contributed by atoms with E-state index in [9.17, 15) is 9.90 Å². The SMILES string of the molecule is CCC(C)C(O)CNC(=O)NCCc1ccccc1C. The predicted molar refractivity (Wildman–Crippen MR) is 81.7 cm³/mol. The topological polar surface area (TPSA) is 61.4 Å². The Morgan fingerprint density at radius 1 is 1.30 bits per heavy atom. The number of hydrogen-bond acceptors (Lipinski definition) is 2. The van der Waals surface area contributed by atoms with Gasteiger partial charge < -0.3 is 15.7 Å². The van der Waals surface area contributed by atoms with Crippen molar-refractivity contribution in [3.63, 3.8) is 0 Å². The van der Waals surface area contributed by atoms with Crippen LogP contribution in [0.5, 0.6) is 0 Å². The predicted octanol–water partition coefficient (Wildman–Crippen LogP) is 2.24. The van der Waals surface area contributed by atoms with Crippen LogP contribution in [0.25, 0.3) is 0 Å². The maximum atomic E-state index is 11.6. The first-order chi connectivity index (χ1) is 9.54. The molecule has 3 N–H and O–H groups in total. The van der Waals surface area contributed by atoms with Crippen LogP contribution < -0.4 is 10.6 Å². The number of aliphatic hydroxyl groups excluding tert-OH is 1. The Kier molecular flexibility index (Phi) is 7.09. The second kappa shape index (κ2) is 8.59. The number of benzene rings is 1. The van der Waals surface area contributed by atoms with Gasteiger partial charge in [0.15, 0.2) is 0 Å². The Morgan fingerprint density at radius 3 is 2.65 bits per heavy atom. The van der Waals surface area contributed by atoms with E-state index in [4.69, 9.17) is 0 Å². The maximum absolute atomic E-state index is 11.6. The Morgan fingerprint density at radius 2 is 2.00 bits per heavy atom. The van der Waals surface area contributed by atoms with Crippen LogP contribution in [0, 0.1) is 12.8 Å². The number of aliphatic hydroxyl groups is 1. The van der Waals surface area contributed by atoms with Crippen LogP contribution in [-0.2, 0) is 6.42 Å². The number of carbonyl (C=O) groups excluding carboxylic acids is 1. The van der Waals surface area contributed by atoms with E-state index in [-0.39, 0.29) is 11.9 Å². The highest BCUT2D eigenvalue weighted by Crippen LogP contribution is 2.07. The van der Waals surface area contributed by atoms with E-state index in [1.165, 1.54) is 11.1 Å². The van der Waals surface area contributed by atoms with Crippen LogP contribution in [0.15, 0.2) is 24.3 Å². The minimum atomic E-state index is -0.484. The summed E-state index contributed by atoms with van der Waals surface area (Å²) in [5.74, 6) is 0.197. The van der Waals surface area contributed by atoms with Crippen molar-refractivity contribution in [3.8, 4) is 0 Å². The highest BCUT2D eigenvalue weighted by molar-refractivity contribution is 5.73. The molecule has 2 atom stereocenters. The quantitative estimate of drug-likeness (QED) is 0.716. The lowest BCUT2D eigenvalue weighted by atomic mass is 10.0. The highest BCUT2D eigenvalue weighted by Gasteiger charge is 2.12. The molecule has 2 amide bonds. The summed E-state index contributed by atoms with van der Waals surface area (Å²) >= 11 is 0. The molecule has 2 unspecified atom stereocenters. The Bertz CT molecular complexity index is 421. The molecule has 0 bridgehead atoms. The summed E-state index contributed by atoms with van der Waals surface area (Å²) in [6.45, 7) is 6.96. The van der Waals surface area contributed by atoms with Crippen molar-refractivity contribution in [2.45, 2.75) is 39.7 Å². The molecule has 4 heteroatoms. The van der Waals surface area contributed by atoms with E-state index in [1.54, 1.807) is 0 Å². The van der Waals surface area contributed by atoms with Crippen molar-refractivity contribution < 1.29 is 9.90 Å². The number of nitrogens with one attached hydrogen (secondary N) is 2. The van der Waals surface area contributed by atoms with Gasteiger partial charge in [0.2, 0.25) is 0 Å². The molecular formula is C16H26N2O2. The van der Waals surface area contributed by atoms with Crippen molar-refractivity contribution in [3.05, 3.63) is 35.4 Å². The highest BCUT2D eigenvalue weighted by atomic mass is 16.3. The van der Waals surface area contributed by atoms with E-state index in [2.05, 4.69) is 29.7 Å². The van der Waals surface area contributed by atoms with E-state index < -0.39 is 6.10 Å². The lowest BCUT2D eigenvalue weighted by Gasteiger charge is -2.17. The van der Waals surface area contributed by atoms with E-state index in [0.717, 1.165) is 12.8 Å². The van der Waals surface area contributed by atoms with Gasteiger partial charge >= 0.3 is 6.03 Å². The van der Waals surface area contributed by atoms with E-state index in [0.29, 0.717) is 13.1 Å². The normalized spacial score (nSPS) is 13.6. The second-order valence-electron chi connectivity index (χ2n) is 5.27. The Balaban J connectivity index is 2.22. The molecule has 0 aliphatic heterocycles. The average molecular weight is 278 g/mol. The summed E-state index contributed by atoms with van der Waals surface area (Å²) in [6.07, 6.45) is 1.23. The van der Waals surface area contributed by atoms with Gasteiger partial charge in [-0.1, -0.05) is 44.5 Å². The molecule has 0 saturated carbocycles. The van der Waals surface area contributed by atoms with Gasteiger partial charge in [0.1, 0.15) is 0 Å². The molecule has 4 nitrogen and oxygen atoms in total. The zero-order valence-corrected chi connectivity index (χ0v) is 12.6. The number of carbonyl (C=O) groups is 1. The first-order valence-electron chi connectivity index (χ1n) is 7.28. The molecule has 0 spiro atoms. The molecule has 0 radical (unpaired) electrons. The lowest BCUT2D eigenvalue weighted by Crippen LogP contribution is -2.42. The van der Waals surface area contributed by atoms with Gasteiger partial charge in [0.05, 0.1) is 6.10 Å². The molecule has 0 heterocycles. The standard InChI is InChI=1S/C16H26N2O2/c1-4-12(2)15(19)11-18-16(20)17-10-9-14-8-6-5-7-13(14)3/h5-8,12,15,19H,4,9-11H2,1-3H3,(H2,17,18,20). The summed E-state index contributed by atoms with van der Waals surface area (Å²) in [6, 6.07) is 7.93. The molecule has 20 heavy (non-hydrogen) atoms. The van der Waals surface area contributed by atoms with E-state index >= 15 is 0 Å². The van der Waals surface area contributed by atoms with Crippen LogP contribution >= 0.6 is 0 Å². The lowest BCUT2D eigenvalue weighted by molar-refractivity contribution is 0.114.